The summed E-state index contributed by atoms with van der Waals surface area (Å²) in [6, 6.07) is 23.4. The van der Waals surface area contributed by atoms with E-state index in [0.717, 1.165) is 43.9 Å². The summed E-state index contributed by atoms with van der Waals surface area (Å²) in [5, 5.41) is 4.30. The van der Waals surface area contributed by atoms with Crippen LogP contribution in [0.3, 0.4) is 0 Å². The van der Waals surface area contributed by atoms with Crippen LogP contribution in [0.4, 0.5) is 5.69 Å². The molecule has 174 valence electrons. The molecule has 0 atom stereocenters. The summed E-state index contributed by atoms with van der Waals surface area (Å²) < 4.78 is 2.34. The van der Waals surface area contributed by atoms with Crippen LogP contribution in [0, 0.1) is 5.92 Å². The van der Waals surface area contributed by atoms with Crippen LogP contribution in [-0.4, -0.2) is 33.4 Å². The number of piperidine rings is 1. The maximum Gasteiger partial charge on any atom is 0.226 e. The summed E-state index contributed by atoms with van der Waals surface area (Å²) in [5.74, 6) is 0.571. The number of nitrogens with zero attached hydrogens (tertiary/aromatic N) is 3. The summed E-state index contributed by atoms with van der Waals surface area (Å²) in [6.45, 7) is 6.87. The Balaban J connectivity index is 1.29. The number of pyridine rings is 1. The van der Waals surface area contributed by atoms with Crippen molar-refractivity contribution in [2.45, 2.75) is 39.2 Å². The zero-order chi connectivity index (χ0) is 23.5. The minimum atomic E-state index is -0.0193. The number of fused-ring (bicyclic) bond motifs is 1. The molecule has 0 unspecified atom stereocenters. The van der Waals surface area contributed by atoms with Crippen LogP contribution >= 0.6 is 0 Å². The molecule has 2 aromatic carbocycles. The number of carbonyl (C=O) groups excluding carboxylic acids is 1. The second kappa shape index (κ2) is 9.82. The molecule has 0 radical (unpaired) electrons. The predicted molar refractivity (Wildman–Crippen MR) is 138 cm³/mol. The molecule has 3 heterocycles. The van der Waals surface area contributed by atoms with Gasteiger partial charge < -0.3 is 9.88 Å². The number of rotatable bonds is 6. The first kappa shape index (κ1) is 22.4. The van der Waals surface area contributed by atoms with Gasteiger partial charge in [-0.3, -0.25) is 14.7 Å². The summed E-state index contributed by atoms with van der Waals surface area (Å²) in [4.78, 5) is 19.0. The van der Waals surface area contributed by atoms with Crippen molar-refractivity contribution < 1.29 is 4.79 Å². The first-order chi connectivity index (χ1) is 16.6. The Morgan fingerprint density at radius 1 is 1.03 bits per heavy atom. The van der Waals surface area contributed by atoms with Crippen molar-refractivity contribution >= 4 is 22.5 Å². The van der Waals surface area contributed by atoms with E-state index in [2.05, 4.69) is 74.4 Å². The van der Waals surface area contributed by atoms with Crippen LogP contribution in [0.15, 0.2) is 79.1 Å². The maximum atomic E-state index is 12.1. The lowest BCUT2D eigenvalue weighted by Gasteiger charge is -2.32. The number of likely N-dealkylation sites (tertiary alicyclic amines) is 1. The molecule has 5 heteroatoms. The molecule has 1 aliphatic heterocycles. The van der Waals surface area contributed by atoms with E-state index in [1.165, 1.54) is 22.2 Å². The van der Waals surface area contributed by atoms with Gasteiger partial charge in [-0.05, 0) is 73.8 Å². The molecular formula is C29H32N4O. The second-order valence-electron chi connectivity index (χ2n) is 9.56. The van der Waals surface area contributed by atoms with Crippen LogP contribution in [0.5, 0.6) is 0 Å². The van der Waals surface area contributed by atoms with Crippen molar-refractivity contribution in [1.82, 2.24) is 14.5 Å². The summed E-state index contributed by atoms with van der Waals surface area (Å²) >= 11 is 0. The Bertz CT molecular complexity index is 1270. The Hall–Kier alpha value is -3.44. The van der Waals surface area contributed by atoms with Crippen LogP contribution in [-0.2, 0) is 11.3 Å². The highest BCUT2D eigenvalue weighted by Gasteiger charge is 2.23. The van der Waals surface area contributed by atoms with E-state index >= 15 is 0 Å². The number of benzene rings is 2. The normalized spacial score (nSPS) is 15.1. The van der Waals surface area contributed by atoms with Crippen molar-refractivity contribution in [3.63, 3.8) is 0 Å². The SMILES string of the molecule is CC(C)C(=O)Nc1cccc(C2CCN(Cc3cc4ccccc4n3-c3cccnc3)CC2)c1. The van der Waals surface area contributed by atoms with E-state index in [4.69, 9.17) is 0 Å². The first-order valence-corrected chi connectivity index (χ1v) is 12.2. The molecule has 1 aliphatic rings. The first-order valence-electron chi connectivity index (χ1n) is 12.2. The van der Waals surface area contributed by atoms with Crippen LogP contribution in [0.25, 0.3) is 16.6 Å². The Labute approximate surface area is 201 Å². The summed E-state index contributed by atoms with van der Waals surface area (Å²) in [7, 11) is 0. The van der Waals surface area contributed by atoms with Gasteiger partial charge in [0.05, 0.1) is 17.4 Å². The van der Waals surface area contributed by atoms with E-state index in [0.29, 0.717) is 5.92 Å². The van der Waals surface area contributed by atoms with Gasteiger partial charge in [0.25, 0.3) is 0 Å². The standard InChI is InChI=1S/C29H32N4O/c1-21(2)29(34)31-25-9-5-8-23(17-25)22-12-15-32(16-13-22)20-27-18-24-7-3-4-11-28(24)33(27)26-10-6-14-30-19-26/h3-11,14,17-19,21-22H,12-13,15-16,20H2,1-2H3,(H,31,34). The average Bonchev–Trinajstić information content (AvgIpc) is 3.23. The number of carbonyl (C=O) groups is 1. The third kappa shape index (κ3) is 4.75. The fourth-order valence-electron chi connectivity index (χ4n) is 4.93. The number of aromatic nitrogens is 2. The Kier molecular flexibility index (Phi) is 6.45. The predicted octanol–water partition coefficient (Wildman–Crippen LogP) is 6.00. The maximum absolute atomic E-state index is 12.1. The van der Waals surface area contributed by atoms with Crippen LogP contribution in [0.1, 0.15) is 43.9 Å². The number of amides is 1. The summed E-state index contributed by atoms with van der Waals surface area (Å²) in [5.41, 5.74) is 5.85. The van der Waals surface area contributed by atoms with Crippen molar-refractivity contribution in [2.75, 3.05) is 18.4 Å². The number of para-hydroxylation sites is 1. The lowest BCUT2D eigenvalue weighted by molar-refractivity contribution is -0.118. The lowest BCUT2D eigenvalue weighted by atomic mass is 9.89. The van der Waals surface area contributed by atoms with Gasteiger partial charge in [0.1, 0.15) is 0 Å². The topological polar surface area (TPSA) is 50.2 Å². The van der Waals surface area contributed by atoms with Crippen LogP contribution in [0.2, 0.25) is 0 Å². The minimum Gasteiger partial charge on any atom is -0.326 e. The van der Waals surface area contributed by atoms with E-state index in [-0.39, 0.29) is 11.8 Å². The molecule has 4 aromatic rings. The highest BCUT2D eigenvalue weighted by atomic mass is 16.1. The molecule has 34 heavy (non-hydrogen) atoms. The smallest absolute Gasteiger partial charge is 0.226 e. The molecule has 1 amide bonds. The van der Waals surface area contributed by atoms with Crippen molar-refractivity contribution in [2.24, 2.45) is 5.92 Å². The monoisotopic (exact) mass is 452 g/mol. The number of anilines is 1. The average molecular weight is 453 g/mol. The third-order valence-corrected chi connectivity index (χ3v) is 6.81. The van der Waals surface area contributed by atoms with Crippen molar-refractivity contribution in [3.05, 3.63) is 90.4 Å². The second-order valence-corrected chi connectivity index (χ2v) is 9.56. The van der Waals surface area contributed by atoms with Gasteiger partial charge in [-0.25, -0.2) is 0 Å². The van der Waals surface area contributed by atoms with Gasteiger partial charge in [-0.1, -0.05) is 44.2 Å². The third-order valence-electron chi connectivity index (χ3n) is 6.81. The summed E-state index contributed by atoms with van der Waals surface area (Å²) in [6.07, 6.45) is 6.00. The fraction of sp³-hybridized carbons (Fsp3) is 0.310. The van der Waals surface area contributed by atoms with Crippen molar-refractivity contribution in [3.8, 4) is 5.69 Å². The van der Waals surface area contributed by atoms with E-state index in [9.17, 15) is 4.79 Å². The molecule has 5 nitrogen and oxygen atoms in total. The van der Waals surface area contributed by atoms with E-state index in [1.54, 1.807) is 0 Å². The highest BCUT2D eigenvalue weighted by Crippen LogP contribution is 2.31. The van der Waals surface area contributed by atoms with E-state index < -0.39 is 0 Å². The van der Waals surface area contributed by atoms with Gasteiger partial charge in [0.2, 0.25) is 5.91 Å². The molecule has 0 saturated carbocycles. The molecule has 5 rings (SSSR count). The Morgan fingerprint density at radius 3 is 2.62 bits per heavy atom. The van der Waals surface area contributed by atoms with Crippen LogP contribution < -0.4 is 5.32 Å². The minimum absolute atomic E-state index is 0.0193. The molecule has 2 aromatic heterocycles. The van der Waals surface area contributed by atoms with Gasteiger partial charge in [-0.15, -0.1) is 0 Å². The molecule has 1 fully saturated rings. The quantitative estimate of drug-likeness (QED) is 0.390. The molecule has 0 bridgehead atoms. The molecular weight excluding hydrogens is 420 g/mol. The lowest BCUT2D eigenvalue weighted by Crippen LogP contribution is -2.33. The molecule has 0 aliphatic carbocycles. The fourth-order valence-corrected chi connectivity index (χ4v) is 4.93. The molecule has 1 saturated heterocycles. The zero-order valence-electron chi connectivity index (χ0n) is 19.9. The van der Waals surface area contributed by atoms with E-state index in [1.807, 2.05) is 38.4 Å². The van der Waals surface area contributed by atoms with Gasteiger partial charge >= 0.3 is 0 Å². The van der Waals surface area contributed by atoms with Crippen molar-refractivity contribution in [1.29, 1.82) is 0 Å². The van der Waals surface area contributed by atoms with Gasteiger partial charge in [-0.2, -0.15) is 0 Å². The molecule has 0 spiro atoms. The zero-order valence-corrected chi connectivity index (χ0v) is 19.9. The van der Waals surface area contributed by atoms with Gasteiger partial charge in [0, 0.05) is 35.4 Å². The Morgan fingerprint density at radius 2 is 1.85 bits per heavy atom. The highest BCUT2D eigenvalue weighted by molar-refractivity contribution is 5.92. The molecule has 1 N–H and O–H groups in total. The number of hydrogen-bond acceptors (Lipinski definition) is 3. The van der Waals surface area contributed by atoms with Gasteiger partial charge in [0.15, 0.2) is 0 Å². The largest absolute Gasteiger partial charge is 0.326 e. The number of hydrogen-bond donors (Lipinski definition) is 1. The number of nitrogens with one attached hydrogen (secondary N) is 1.